The second kappa shape index (κ2) is 5.09. The Bertz CT molecular complexity index is 509. The number of benzene rings is 1. The summed E-state index contributed by atoms with van der Waals surface area (Å²) < 4.78 is 0. The number of nitrogens with zero attached hydrogens (tertiary/aromatic N) is 1. The molecule has 1 amide bonds. The van der Waals surface area contributed by atoms with Crippen LogP contribution in [0.2, 0.25) is 0 Å². The van der Waals surface area contributed by atoms with Crippen molar-refractivity contribution in [2.75, 3.05) is 20.1 Å². The van der Waals surface area contributed by atoms with Crippen molar-refractivity contribution in [2.45, 2.75) is 31.2 Å². The van der Waals surface area contributed by atoms with E-state index in [0.29, 0.717) is 12.8 Å². The molecule has 1 aromatic carbocycles. The van der Waals surface area contributed by atoms with Gasteiger partial charge in [-0.3, -0.25) is 9.69 Å². The molecule has 2 saturated heterocycles. The molecule has 4 nitrogen and oxygen atoms in total. The van der Waals surface area contributed by atoms with Crippen molar-refractivity contribution < 1.29 is 9.90 Å². The molecule has 2 bridgehead atoms. The molecule has 1 aromatic rings. The summed E-state index contributed by atoms with van der Waals surface area (Å²) in [5.41, 5.74) is 1.24. The third-order valence-electron chi connectivity index (χ3n) is 4.85. The van der Waals surface area contributed by atoms with Crippen molar-refractivity contribution in [3.05, 3.63) is 29.8 Å². The summed E-state index contributed by atoms with van der Waals surface area (Å²) in [6.07, 6.45) is 3.62. The molecule has 0 spiro atoms. The first kappa shape index (κ1) is 13.4. The molecule has 2 aliphatic heterocycles. The molecule has 20 heavy (non-hydrogen) atoms. The van der Waals surface area contributed by atoms with Gasteiger partial charge in [-0.1, -0.05) is 12.1 Å². The minimum Gasteiger partial charge on any atom is -0.508 e. The Labute approximate surface area is 119 Å². The van der Waals surface area contributed by atoms with Crippen molar-refractivity contribution in [3.8, 4) is 5.75 Å². The Morgan fingerprint density at radius 2 is 2.30 bits per heavy atom. The average Bonchev–Trinajstić information content (AvgIpc) is 2.85. The fraction of sp³-hybridized carbons (Fsp3) is 0.562. The van der Waals surface area contributed by atoms with E-state index in [1.165, 1.54) is 19.4 Å². The predicted molar refractivity (Wildman–Crippen MR) is 77.5 cm³/mol. The average molecular weight is 274 g/mol. The van der Waals surface area contributed by atoms with Gasteiger partial charge in [0.1, 0.15) is 5.75 Å². The number of aromatic hydroxyl groups is 1. The Kier molecular flexibility index (Phi) is 3.42. The van der Waals surface area contributed by atoms with Gasteiger partial charge in [0, 0.05) is 25.0 Å². The van der Waals surface area contributed by atoms with E-state index in [-0.39, 0.29) is 17.2 Å². The van der Waals surface area contributed by atoms with E-state index < -0.39 is 0 Å². The first-order valence-corrected chi connectivity index (χ1v) is 7.33. The molecule has 0 radical (unpaired) electrons. The third kappa shape index (κ3) is 2.52. The molecule has 3 aliphatic rings. The largest absolute Gasteiger partial charge is 0.508 e. The van der Waals surface area contributed by atoms with Crippen LogP contribution in [0.15, 0.2) is 24.3 Å². The number of likely N-dealkylation sites (N-methyl/N-ethyl adjacent to an activating group) is 1. The molecule has 4 rings (SSSR count). The zero-order chi connectivity index (χ0) is 14.2. The molecule has 0 aromatic heterocycles. The fourth-order valence-corrected chi connectivity index (χ4v) is 3.64. The van der Waals surface area contributed by atoms with Gasteiger partial charge < -0.3 is 10.4 Å². The molecule has 2 heterocycles. The molecule has 0 atom stereocenters. The zero-order valence-corrected chi connectivity index (χ0v) is 11.9. The number of rotatable bonds is 5. The number of hydrogen-bond donors (Lipinski definition) is 2. The topological polar surface area (TPSA) is 52.6 Å². The summed E-state index contributed by atoms with van der Waals surface area (Å²) in [7, 11) is 2.16. The molecule has 1 aliphatic carbocycles. The lowest BCUT2D eigenvalue weighted by Crippen LogP contribution is -2.52. The number of aryl methyl sites for hydroxylation is 1. The van der Waals surface area contributed by atoms with Gasteiger partial charge in [0.15, 0.2) is 0 Å². The molecule has 0 unspecified atom stereocenters. The number of fused-ring (bicyclic) bond motifs is 1. The predicted octanol–water partition coefficient (Wildman–Crippen LogP) is 1.54. The first-order valence-electron chi connectivity index (χ1n) is 7.33. The van der Waals surface area contributed by atoms with Crippen LogP contribution in [0.5, 0.6) is 5.75 Å². The van der Waals surface area contributed by atoms with Crippen molar-refractivity contribution in [1.82, 2.24) is 10.2 Å². The van der Waals surface area contributed by atoms with Crippen LogP contribution >= 0.6 is 0 Å². The van der Waals surface area contributed by atoms with Gasteiger partial charge in [0.25, 0.3) is 0 Å². The molecule has 1 saturated carbocycles. The van der Waals surface area contributed by atoms with Gasteiger partial charge in [-0.05, 0) is 49.9 Å². The lowest BCUT2D eigenvalue weighted by molar-refractivity contribution is -0.121. The number of amides is 1. The molecule has 2 N–H and O–H groups in total. The molecular weight excluding hydrogens is 252 g/mol. The monoisotopic (exact) mass is 274 g/mol. The maximum absolute atomic E-state index is 11.9. The van der Waals surface area contributed by atoms with Gasteiger partial charge in [-0.25, -0.2) is 0 Å². The van der Waals surface area contributed by atoms with Crippen molar-refractivity contribution in [3.63, 3.8) is 0 Å². The summed E-state index contributed by atoms with van der Waals surface area (Å²) in [4.78, 5) is 14.3. The van der Waals surface area contributed by atoms with Crippen LogP contribution in [0, 0.1) is 5.92 Å². The number of nitrogens with one attached hydrogen (secondary N) is 1. The lowest BCUT2D eigenvalue weighted by atomic mass is 9.73. The normalized spacial score (nSPS) is 28.1. The highest BCUT2D eigenvalue weighted by Gasteiger charge is 2.53. The first-order chi connectivity index (χ1) is 9.57. The number of carbonyl (C=O) groups is 1. The number of phenols is 1. The van der Waals surface area contributed by atoms with E-state index in [1.807, 2.05) is 12.1 Å². The van der Waals surface area contributed by atoms with Gasteiger partial charge in [0.2, 0.25) is 5.91 Å². The molecular formula is C16H22N2O2. The van der Waals surface area contributed by atoms with E-state index in [1.54, 1.807) is 12.1 Å². The second-order valence-corrected chi connectivity index (χ2v) is 6.33. The highest BCUT2D eigenvalue weighted by molar-refractivity contribution is 5.76. The Balaban J connectivity index is 1.44. The number of hydrogen-bond acceptors (Lipinski definition) is 3. The van der Waals surface area contributed by atoms with Crippen molar-refractivity contribution in [1.29, 1.82) is 0 Å². The summed E-state index contributed by atoms with van der Waals surface area (Å²) in [5.74, 6) is 1.21. The second-order valence-electron chi connectivity index (χ2n) is 6.33. The van der Waals surface area contributed by atoms with Crippen LogP contribution in [0.3, 0.4) is 0 Å². The van der Waals surface area contributed by atoms with Crippen LogP contribution in [0.1, 0.15) is 24.8 Å². The van der Waals surface area contributed by atoms with Crippen molar-refractivity contribution in [2.24, 2.45) is 5.92 Å². The Hall–Kier alpha value is -1.55. The zero-order valence-electron chi connectivity index (χ0n) is 11.9. The van der Waals surface area contributed by atoms with E-state index in [2.05, 4.69) is 17.3 Å². The summed E-state index contributed by atoms with van der Waals surface area (Å²) in [6.45, 7) is 1.96. The smallest absolute Gasteiger partial charge is 0.220 e. The van der Waals surface area contributed by atoms with E-state index in [0.717, 1.165) is 18.0 Å². The van der Waals surface area contributed by atoms with Crippen molar-refractivity contribution >= 4 is 5.91 Å². The van der Waals surface area contributed by atoms with Crippen LogP contribution in [-0.4, -0.2) is 41.6 Å². The molecule has 3 fully saturated rings. The number of carbonyl (C=O) groups excluding carboxylic acids is 1. The van der Waals surface area contributed by atoms with Gasteiger partial charge in [-0.2, -0.15) is 0 Å². The summed E-state index contributed by atoms with van der Waals surface area (Å²) in [6, 6.07) is 7.11. The highest BCUT2D eigenvalue weighted by atomic mass is 16.3. The van der Waals surface area contributed by atoms with Crippen LogP contribution in [-0.2, 0) is 11.2 Å². The quantitative estimate of drug-likeness (QED) is 0.856. The third-order valence-corrected chi connectivity index (χ3v) is 4.85. The Morgan fingerprint density at radius 1 is 1.50 bits per heavy atom. The van der Waals surface area contributed by atoms with E-state index >= 15 is 0 Å². The van der Waals surface area contributed by atoms with Gasteiger partial charge in [0.05, 0.1) is 0 Å². The minimum absolute atomic E-state index is 0.103. The fourth-order valence-electron chi connectivity index (χ4n) is 3.64. The minimum atomic E-state index is 0.103. The maximum atomic E-state index is 11.9. The van der Waals surface area contributed by atoms with Crippen LogP contribution < -0.4 is 5.32 Å². The summed E-state index contributed by atoms with van der Waals surface area (Å²) >= 11 is 0. The van der Waals surface area contributed by atoms with Gasteiger partial charge >= 0.3 is 0 Å². The highest BCUT2D eigenvalue weighted by Crippen LogP contribution is 2.48. The Morgan fingerprint density at radius 3 is 2.95 bits per heavy atom. The number of phenolic OH excluding ortho intramolecular Hbond substituents is 1. The lowest BCUT2D eigenvalue weighted by Gasteiger charge is -2.41. The van der Waals surface area contributed by atoms with Crippen LogP contribution in [0.4, 0.5) is 0 Å². The van der Waals surface area contributed by atoms with Crippen LogP contribution in [0.25, 0.3) is 0 Å². The van der Waals surface area contributed by atoms with E-state index in [4.69, 9.17) is 0 Å². The SMILES string of the molecule is CN1CC2CC1(CNC(=O)CCc1cccc(O)c1)C2. The molecule has 108 valence electrons. The maximum Gasteiger partial charge on any atom is 0.220 e. The molecule has 4 heteroatoms. The van der Waals surface area contributed by atoms with Gasteiger partial charge in [-0.15, -0.1) is 0 Å². The standard InChI is InChI=1S/C16H22N2O2/c1-18-10-13-8-16(18,9-13)11-17-15(20)6-5-12-3-2-4-14(19)7-12/h2-4,7,13,19H,5-6,8-11H2,1H3,(H,17,20). The summed E-state index contributed by atoms with van der Waals surface area (Å²) in [5, 5.41) is 12.5. The van der Waals surface area contributed by atoms with E-state index in [9.17, 15) is 9.90 Å².